The minimum Gasteiger partial charge on any atom is -0.0648 e. The minimum absolute atomic E-state index is 0.694. The molecule has 1 fully saturated rings. The Morgan fingerprint density at radius 1 is 1.00 bits per heavy atom. The van der Waals surface area contributed by atoms with Gasteiger partial charge in [-0.15, -0.1) is 0 Å². The van der Waals surface area contributed by atoms with Crippen LogP contribution in [0.15, 0.2) is 0 Å². The fourth-order valence-electron chi connectivity index (χ4n) is 3.20. The van der Waals surface area contributed by atoms with E-state index in [1.165, 1.54) is 25.7 Å². The summed E-state index contributed by atoms with van der Waals surface area (Å²) >= 11 is 0. The Hall–Kier alpha value is 0. The smallest absolute Gasteiger partial charge is 0.0251 e. The van der Waals surface area contributed by atoms with Crippen LogP contribution in [-0.4, -0.2) is 0 Å². The molecular weight excluding hydrogens is 132 g/mol. The zero-order valence-electron chi connectivity index (χ0n) is 8.48. The molecular formula is C11H22. The third-order valence-electron chi connectivity index (χ3n) is 4.31. The summed E-state index contributed by atoms with van der Waals surface area (Å²) in [4.78, 5) is 0. The summed E-state index contributed by atoms with van der Waals surface area (Å²) in [6, 6.07) is 0. The molecule has 1 rings (SSSR count). The molecule has 1 aliphatic rings. The number of hydrogen-bond donors (Lipinski definition) is 0. The third kappa shape index (κ3) is 1.21. The van der Waals surface area contributed by atoms with E-state index in [1.807, 2.05) is 0 Å². The van der Waals surface area contributed by atoms with Crippen LogP contribution in [0.3, 0.4) is 0 Å². The summed E-state index contributed by atoms with van der Waals surface area (Å²) in [6.45, 7) is 9.61. The van der Waals surface area contributed by atoms with Gasteiger partial charge in [0.05, 0.1) is 0 Å². The van der Waals surface area contributed by atoms with Crippen molar-refractivity contribution in [3.8, 4) is 0 Å². The lowest BCUT2D eigenvalue weighted by atomic mass is 9.69. The molecule has 0 saturated heterocycles. The second-order valence-electron chi connectivity index (χ2n) is 4.32. The highest BCUT2D eigenvalue weighted by Gasteiger charge is 2.42. The van der Waals surface area contributed by atoms with Gasteiger partial charge in [0, 0.05) is 0 Å². The van der Waals surface area contributed by atoms with Crippen molar-refractivity contribution in [1.29, 1.82) is 0 Å². The average Bonchev–Trinajstić information content (AvgIpc) is 2.29. The lowest BCUT2D eigenvalue weighted by Crippen LogP contribution is -2.27. The molecule has 66 valence electrons. The minimum atomic E-state index is 0.694. The lowest BCUT2D eigenvalue weighted by Gasteiger charge is -2.36. The van der Waals surface area contributed by atoms with Crippen LogP contribution >= 0.6 is 0 Å². The van der Waals surface area contributed by atoms with E-state index in [0.29, 0.717) is 5.41 Å². The molecule has 0 amide bonds. The highest BCUT2D eigenvalue weighted by molar-refractivity contribution is 4.92. The summed E-state index contributed by atoms with van der Waals surface area (Å²) in [6.07, 6.45) is 5.68. The molecule has 0 N–H and O–H groups in total. The second kappa shape index (κ2) is 3.16. The van der Waals surface area contributed by atoms with Gasteiger partial charge in [-0.1, -0.05) is 27.7 Å². The first kappa shape index (κ1) is 9.09. The van der Waals surface area contributed by atoms with E-state index >= 15 is 0 Å². The maximum absolute atomic E-state index is 2.44. The van der Waals surface area contributed by atoms with E-state index in [1.54, 1.807) is 0 Å². The highest BCUT2D eigenvalue weighted by atomic mass is 14.5. The summed E-state index contributed by atoms with van der Waals surface area (Å²) in [5, 5.41) is 0. The van der Waals surface area contributed by atoms with E-state index in [-0.39, 0.29) is 0 Å². The van der Waals surface area contributed by atoms with Crippen LogP contribution in [-0.2, 0) is 0 Å². The van der Waals surface area contributed by atoms with Gasteiger partial charge < -0.3 is 0 Å². The Bertz CT molecular complexity index is 110. The fraction of sp³-hybridized carbons (Fsp3) is 1.00. The predicted molar refractivity (Wildman–Crippen MR) is 50.6 cm³/mol. The molecule has 1 aliphatic carbocycles. The highest BCUT2D eigenvalue weighted by Crippen LogP contribution is 2.51. The molecule has 0 aromatic carbocycles. The Kier molecular flexibility index (Phi) is 2.61. The van der Waals surface area contributed by atoms with Crippen molar-refractivity contribution < 1.29 is 0 Å². The zero-order chi connectivity index (χ0) is 8.48. The maximum atomic E-state index is 2.44. The molecule has 0 spiro atoms. The SMILES string of the molecule is CCC1(CC)C(C)CCC1C. The quantitative estimate of drug-likeness (QED) is 0.566. The predicted octanol–water partition coefficient (Wildman–Crippen LogP) is 3.86. The van der Waals surface area contributed by atoms with Crippen molar-refractivity contribution in [2.75, 3.05) is 0 Å². The van der Waals surface area contributed by atoms with Crippen LogP contribution in [0.1, 0.15) is 53.4 Å². The standard InChI is InChI=1S/C11H22/c1-5-11(6-2)9(3)7-8-10(11)4/h9-10H,5-8H2,1-4H3. The van der Waals surface area contributed by atoms with Crippen LogP contribution < -0.4 is 0 Å². The van der Waals surface area contributed by atoms with Gasteiger partial charge in [-0.25, -0.2) is 0 Å². The Morgan fingerprint density at radius 3 is 1.55 bits per heavy atom. The van der Waals surface area contributed by atoms with Gasteiger partial charge in [-0.05, 0) is 42.9 Å². The molecule has 11 heavy (non-hydrogen) atoms. The van der Waals surface area contributed by atoms with Gasteiger partial charge in [-0.2, -0.15) is 0 Å². The van der Waals surface area contributed by atoms with Crippen molar-refractivity contribution in [2.45, 2.75) is 53.4 Å². The average molecular weight is 154 g/mol. The van der Waals surface area contributed by atoms with E-state index in [4.69, 9.17) is 0 Å². The first-order chi connectivity index (χ1) is 5.17. The van der Waals surface area contributed by atoms with E-state index < -0.39 is 0 Å². The van der Waals surface area contributed by atoms with E-state index in [0.717, 1.165) is 11.8 Å². The van der Waals surface area contributed by atoms with Gasteiger partial charge in [0.25, 0.3) is 0 Å². The molecule has 0 radical (unpaired) electrons. The van der Waals surface area contributed by atoms with E-state index in [2.05, 4.69) is 27.7 Å². The van der Waals surface area contributed by atoms with Crippen molar-refractivity contribution >= 4 is 0 Å². The molecule has 0 aromatic rings. The maximum Gasteiger partial charge on any atom is -0.0251 e. The molecule has 0 bridgehead atoms. The molecule has 0 aromatic heterocycles. The van der Waals surface area contributed by atoms with Crippen LogP contribution in [0.5, 0.6) is 0 Å². The Morgan fingerprint density at radius 2 is 1.36 bits per heavy atom. The topological polar surface area (TPSA) is 0 Å². The van der Waals surface area contributed by atoms with Gasteiger partial charge in [-0.3, -0.25) is 0 Å². The Balaban J connectivity index is 2.76. The molecule has 2 unspecified atom stereocenters. The first-order valence-corrected chi connectivity index (χ1v) is 5.17. The van der Waals surface area contributed by atoms with Gasteiger partial charge >= 0.3 is 0 Å². The second-order valence-corrected chi connectivity index (χ2v) is 4.32. The van der Waals surface area contributed by atoms with Crippen molar-refractivity contribution in [3.63, 3.8) is 0 Å². The van der Waals surface area contributed by atoms with Crippen molar-refractivity contribution in [2.24, 2.45) is 17.3 Å². The number of hydrogen-bond acceptors (Lipinski definition) is 0. The molecule has 0 heteroatoms. The van der Waals surface area contributed by atoms with Gasteiger partial charge in [0.1, 0.15) is 0 Å². The van der Waals surface area contributed by atoms with Crippen molar-refractivity contribution in [3.05, 3.63) is 0 Å². The molecule has 2 atom stereocenters. The number of rotatable bonds is 2. The summed E-state index contributed by atoms with van der Waals surface area (Å²) in [7, 11) is 0. The van der Waals surface area contributed by atoms with Crippen molar-refractivity contribution in [1.82, 2.24) is 0 Å². The van der Waals surface area contributed by atoms with Gasteiger partial charge in [0.2, 0.25) is 0 Å². The summed E-state index contributed by atoms with van der Waals surface area (Å²) < 4.78 is 0. The third-order valence-corrected chi connectivity index (χ3v) is 4.31. The van der Waals surface area contributed by atoms with Crippen LogP contribution in [0.2, 0.25) is 0 Å². The normalized spacial score (nSPS) is 36.0. The molecule has 1 saturated carbocycles. The van der Waals surface area contributed by atoms with E-state index in [9.17, 15) is 0 Å². The zero-order valence-corrected chi connectivity index (χ0v) is 8.48. The fourth-order valence-corrected chi connectivity index (χ4v) is 3.20. The molecule has 0 aliphatic heterocycles. The van der Waals surface area contributed by atoms with Crippen LogP contribution in [0.25, 0.3) is 0 Å². The Labute approximate surface area is 71.4 Å². The van der Waals surface area contributed by atoms with Crippen LogP contribution in [0.4, 0.5) is 0 Å². The monoisotopic (exact) mass is 154 g/mol. The molecule has 0 heterocycles. The summed E-state index contributed by atoms with van der Waals surface area (Å²) in [5.74, 6) is 1.93. The van der Waals surface area contributed by atoms with Crippen LogP contribution in [0, 0.1) is 17.3 Å². The largest absolute Gasteiger partial charge is 0.0648 e. The summed E-state index contributed by atoms with van der Waals surface area (Å²) in [5.41, 5.74) is 0.694. The molecule has 0 nitrogen and oxygen atoms in total. The first-order valence-electron chi connectivity index (χ1n) is 5.17. The van der Waals surface area contributed by atoms with Gasteiger partial charge in [0.15, 0.2) is 0 Å². The lowest BCUT2D eigenvalue weighted by molar-refractivity contribution is 0.138.